The van der Waals surface area contributed by atoms with E-state index >= 15 is 0 Å². The van der Waals surface area contributed by atoms with E-state index in [0.717, 1.165) is 0 Å². The molecule has 0 heterocycles. The normalized spacial score (nSPS) is 12.3. The maximum Gasteiger partial charge on any atom is 0.330 e. The molecule has 0 bridgehead atoms. The molecule has 0 aromatic carbocycles. The first-order valence-corrected chi connectivity index (χ1v) is 9.47. The third-order valence-electron chi connectivity index (χ3n) is 2.33. The molecule has 0 aliphatic rings. The summed E-state index contributed by atoms with van der Waals surface area (Å²) in [6, 6.07) is 0. The van der Waals surface area contributed by atoms with Gasteiger partial charge in [-0.25, -0.2) is 4.79 Å². The lowest BCUT2D eigenvalue weighted by atomic mass is 9.98. The monoisotopic (exact) mass is 478 g/mol. The lowest BCUT2D eigenvalue weighted by Gasteiger charge is -2.18. The van der Waals surface area contributed by atoms with Gasteiger partial charge < -0.3 is 4.74 Å². The van der Waals surface area contributed by atoms with Crippen molar-refractivity contribution in [3.05, 3.63) is 12.2 Å². The van der Waals surface area contributed by atoms with E-state index in [0.29, 0.717) is 5.92 Å². The SMILES string of the molecule is CC(C)(C)OC(=O)/C=C\C(CCCI)CCCI. The van der Waals surface area contributed by atoms with E-state index in [9.17, 15) is 4.79 Å². The number of halogens is 2. The number of carbonyl (C=O) groups excluding carboxylic acids is 1. The van der Waals surface area contributed by atoms with Crippen molar-refractivity contribution >= 4 is 51.2 Å². The number of ether oxygens (including phenoxy) is 1. The highest BCUT2D eigenvalue weighted by Crippen LogP contribution is 2.17. The molecule has 0 amide bonds. The molecule has 0 atom stereocenters. The van der Waals surface area contributed by atoms with Crippen LogP contribution < -0.4 is 0 Å². The van der Waals surface area contributed by atoms with Crippen molar-refractivity contribution in [2.75, 3.05) is 8.86 Å². The van der Waals surface area contributed by atoms with Crippen LogP contribution >= 0.6 is 45.2 Å². The number of hydrogen-bond donors (Lipinski definition) is 0. The van der Waals surface area contributed by atoms with Crippen LogP contribution in [0.4, 0.5) is 0 Å². The predicted molar refractivity (Wildman–Crippen MR) is 94.7 cm³/mol. The highest BCUT2D eigenvalue weighted by Gasteiger charge is 2.14. The Kier molecular flexibility index (Phi) is 10.8. The van der Waals surface area contributed by atoms with Gasteiger partial charge in [0.2, 0.25) is 0 Å². The van der Waals surface area contributed by atoms with Crippen molar-refractivity contribution in [2.24, 2.45) is 5.92 Å². The minimum Gasteiger partial charge on any atom is -0.457 e. The fourth-order valence-corrected chi connectivity index (χ4v) is 2.45. The number of alkyl halides is 2. The van der Waals surface area contributed by atoms with Crippen molar-refractivity contribution in [3.8, 4) is 0 Å². The number of carbonyl (C=O) groups is 1. The fourth-order valence-electron chi connectivity index (χ4n) is 1.57. The fraction of sp³-hybridized carbons (Fsp3) is 0.786. The molecular formula is C14H24I2O2. The van der Waals surface area contributed by atoms with Gasteiger partial charge in [0.25, 0.3) is 0 Å². The second-order valence-electron chi connectivity index (χ2n) is 5.32. The molecule has 18 heavy (non-hydrogen) atoms. The predicted octanol–water partition coefficient (Wildman–Crippen LogP) is 4.93. The molecule has 106 valence electrons. The molecule has 0 radical (unpaired) electrons. The van der Waals surface area contributed by atoms with Crippen LogP contribution in [-0.2, 0) is 9.53 Å². The first kappa shape index (κ1) is 18.7. The first-order valence-electron chi connectivity index (χ1n) is 6.42. The van der Waals surface area contributed by atoms with Crippen LogP contribution in [0.2, 0.25) is 0 Å². The smallest absolute Gasteiger partial charge is 0.330 e. The molecule has 2 nitrogen and oxygen atoms in total. The summed E-state index contributed by atoms with van der Waals surface area (Å²) < 4.78 is 7.63. The number of hydrogen-bond acceptors (Lipinski definition) is 2. The highest BCUT2D eigenvalue weighted by molar-refractivity contribution is 14.1. The average molecular weight is 478 g/mol. The molecular weight excluding hydrogens is 454 g/mol. The zero-order valence-corrected chi connectivity index (χ0v) is 15.9. The Morgan fingerprint density at radius 1 is 1.17 bits per heavy atom. The standard InChI is InChI=1S/C14H24I2O2/c1-14(2,3)18-13(17)9-8-12(6-4-10-15)7-5-11-16/h8-9,12H,4-7,10-11H2,1-3H3/b9-8-. The van der Waals surface area contributed by atoms with Gasteiger partial charge in [-0.2, -0.15) is 0 Å². The van der Waals surface area contributed by atoms with Crippen molar-refractivity contribution < 1.29 is 9.53 Å². The molecule has 0 aromatic rings. The van der Waals surface area contributed by atoms with E-state index in [2.05, 4.69) is 45.2 Å². The van der Waals surface area contributed by atoms with Gasteiger partial charge in [-0.15, -0.1) is 0 Å². The van der Waals surface area contributed by atoms with Gasteiger partial charge in [0.1, 0.15) is 5.60 Å². The number of rotatable bonds is 8. The van der Waals surface area contributed by atoms with E-state index in [-0.39, 0.29) is 5.97 Å². The minimum atomic E-state index is -0.401. The number of esters is 1. The Morgan fingerprint density at radius 2 is 1.67 bits per heavy atom. The molecule has 0 spiro atoms. The second kappa shape index (κ2) is 10.5. The summed E-state index contributed by atoms with van der Waals surface area (Å²) in [6.45, 7) is 5.67. The number of allylic oxidation sites excluding steroid dienone is 1. The molecule has 0 aromatic heterocycles. The van der Waals surface area contributed by atoms with Crippen LogP contribution in [0.5, 0.6) is 0 Å². The van der Waals surface area contributed by atoms with Crippen LogP contribution in [0.1, 0.15) is 46.5 Å². The zero-order valence-electron chi connectivity index (χ0n) is 11.5. The molecule has 0 unspecified atom stereocenters. The quantitative estimate of drug-likeness (QED) is 0.214. The van der Waals surface area contributed by atoms with Gasteiger partial charge in [-0.3, -0.25) is 0 Å². The lowest BCUT2D eigenvalue weighted by molar-refractivity contribution is -0.148. The Bertz CT molecular complexity index is 249. The summed E-state index contributed by atoms with van der Waals surface area (Å²) in [5, 5.41) is 0. The molecule has 0 saturated heterocycles. The van der Waals surface area contributed by atoms with Crippen LogP contribution in [-0.4, -0.2) is 20.4 Å². The van der Waals surface area contributed by atoms with Crippen LogP contribution in [0.3, 0.4) is 0 Å². The summed E-state index contributed by atoms with van der Waals surface area (Å²) in [5.41, 5.74) is -0.401. The summed E-state index contributed by atoms with van der Waals surface area (Å²) in [5.74, 6) is 0.290. The molecule has 0 N–H and O–H groups in total. The van der Waals surface area contributed by atoms with Gasteiger partial charge in [0.05, 0.1) is 0 Å². The van der Waals surface area contributed by atoms with E-state index < -0.39 is 5.60 Å². The van der Waals surface area contributed by atoms with Gasteiger partial charge in [-0.1, -0.05) is 51.3 Å². The van der Waals surface area contributed by atoms with Gasteiger partial charge in [0, 0.05) is 6.08 Å². The second-order valence-corrected chi connectivity index (χ2v) is 7.47. The Hall–Kier alpha value is 0.670. The molecule has 0 aliphatic carbocycles. The molecule has 0 fully saturated rings. The summed E-state index contributed by atoms with van der Waals surface area (Å²) in [6.07, 6.45) is 8.40. The van der Waals surface area contributed by atoms with Crippen LogP contribution in [0.15, 0.2) is 12.2 Å². The third-order valence-corrected chi connectivity index (χ3v) is 3.85. The third kappa shape index (κ3) is 11.7. The van der Waals surface area contributed by atoms with Crippen molar-refractivity contribution in [2.45, 2.75) is 52.1 Å². The van der Waals surface area contributed by atoms with Crippen molar-refractivity contribution in [1.29, 1.82) is 0 Å². The van der Waals surface area contributed by atoms with E-state index in [1.54, 1.807) is 6.08 Å². The summed E-state index contributed by atoms with van der Waals surface area (Å²) in [7, 11) is 0. The Balaban J connectivity index is 4.22. The zero-order chi connectivity index (χ0) is 14.0. The maximum atomic E-state index is 11.6. The van der Waals surface area contributed by atoms with E-state index in [1.807, 2.05) is 26.8 Å². The Morgan fingerprint density at radius 3 is 2.06 bits per heavy atom. The summed E-state index contributed by atoms with van der Waals surface area (Å²) in [4.78, 5) is 11.6. The van der Waals surface area contributed by atoms with Gasteiger partial charge >= 0.3 is 5.97 Å². The van der Waals surface area contributed by atoms with Crippen molar-refractivity contribution in [3.63, 3.8) is 0 Å². The minimum absolute atomic E-state index is 0.226. The Labute approximate surface area is 139 Å². The van der Waals surface area contributed by atoms with Crippen molar-refractivity contribution in [1.82, 2.24) is 0 Å². The first-order chi connectivity index (χ1) is 8.39. The van der Waals surface area contributed by atoms with E-state index in [1.165, 1.54) is 34.5 Å². The van der Waals surface area contributed by atoms with Gasteiger partial charge in [0.15, 0.2) is 0 Å². The molecule has 0 saturated carbocycles. The molecule has 0 rings (SSSR count). The largest absolute Gasteiger partial charge is 0.457 e. The average Bonchev–Trinajstić information content (AvgIpc) is 2.25. The molecule has 4 heteroatoms. The van der Waals surface area contributed by atoms with Crippen LogP contribution in [0.25, 0.3) is 0 Å². The van der Waals surface area contributed by atoms with E-state index in [4.69, 9.17) is 4.74 Å². The highest BCUT2D eigenvalue weighted by atomic mass is 127. The topological polar surface area (TPSA) is 26.3 Å². The maximum absolute atomic E-state index is 11.6. The van der Waals surface area contributed by atoms with Gasteiger partial charge in [-0.05, 0) is 61.2 Å². The lowest BCUT2D eigenvalue weighted by Crippen LogP contribution is -2.22. The molecule has 0 aliphatic heterocycles. The summed E-state index contributed by atoms with van der Waals surface area (Å²) >= 11 is 4.80. The van der Waals surface area contributed by atoms with Crippen LogP contribution in [0, 0.1) is 5.92 Å².